The second-order valence-corrected chi connectivity index (χ2v) is 2.75. The molecule has 0 radical (unpaired) electrons. The largest absolute Gasteiger partial charge is 0.307 e. The minimum absolute atomic E-state index is 0.444. The summed E-state index contributed by atoms with van der Waals surface area (Å²) in [5.41, 5.74) is 10.6. The van der Waals surface area contributed by atoms with Crippen LogP contribution in [0, 0.1) is 0 Å². The molecule has 0 saturated heterocycles. The topological polar surface area (TPSA) is 90.7 Å². The van der Waals surface area contributed by atoms with Gasteiger partial charge >= 0.3 is 0 Å². The second kappa shape index (κ2) is 3.55. The lowest BCUT2D eigenvalue weighted by molar-refractivity contribution is 0.393. The van der Waals surface area contributed by atoms with E-state index in [4.69, 9.17) is 11.5 Å². The van der Waals surface area contributed by atoms with Gasteiger partial charge in [-0.3, -0.25) is 0 Å². The van der Waals surface area contributed by atoms with Crippen molar-refractivity contribution < 1.29 is 0 Å². The van der Waals surface area contributed by atoms with Gasteiger partial charge in [-0.25, -0.2) is 15.0 Å². The highest BCUT2D eigenvalue weighted by Gasteiger charge is 2.23. The summed E-state index contributed by atoms with van der Waals surface area (Å²) in [6, 6.07) is 0. The number of hydrogen-bond donors (Lipinski definition) is 2. The summed E-state index contributed by atoms with van der Waals surface area (Å²) in [6.45, 7) is 2.01. The van der Waals surface area contributed by atoms with E-state index in [0.717, 1.165) is 6.42 Å². The summed E-state index contributed by atoms with van der Waals surface area (Å²) in [7, 11) is 0. The smallest absolute Gasteiger partial charge is 0.166 e. The molecule has 0 spiro atoms. The zero-order valence-corrected chi connectivity index (χ0v) is 7.07. The lowest BCUT2D eigenvalue weighted by atomic mass is 10.1. The number of aromatic nitrogens is 3. The summed E-state index contributed by atoms with van der Waals surface area (Å²) in [6.07, 6.45) is 4.36. The van der Waals surface area contributed by atoms with Crippen LogP contribution in [0.4, 0.5) is 0 Å². The van der Waals surface area contributed by atoms with Gasteiger partial charge in [-0.15, -0.1) is 0 Å². The maximum Gasteiger partial charge on any atom is 0.166 e. The molecule has 0 bridgehead atoms. The van der Waals surface area contributed by atoms with Gasteiger partial charge in [0.2, 0.25) is 0 Å². The van der Waals surface area contributed by atoms with Crippen molar-refractivity contribution in [3.05, 3.63) is 18.5 Å². The van der Waals surface area contributed by atoms with E-state index < -0.39 is 5.66 Å². The summed E-state index contributed by atoms with van der Waals surface area (Å²) < 4.78 is 0. The summed E-state index contributed by atoms with van der Waals surface area (Å²) >= 11 is 0. The first-order valence-corrected chi connectivity index (χ1v) is 3.87. The van der Waals surface area contributed by atoms with E-state index >= 15 is 0 Å². The van der Waals surface area contributed by atoms with Gasteiger partial charge in [0.05, 0.1) is 0 Å². The molecule has 12 heavy (non-hydrogen) atoms. The highest BCUT2D eigenvalue weighted by Crippen LogP contribution is 2.11. The van der Waals surface area contributed by atoms with Gasteiger partial charge in [0, 0.05) is 0 Å². The average Bonchev–Trinajstić information content (AvgIpc) is 2.06. The fraction of sp³-hybridized carbons (Fsp3) is 0.571. The van der Waals surface area contributed by atoms with Gasteiger partial charge in [0.1, 0.15) is 18.3 Å². The van der Waals surface area contributed by atoms with E-state index in [-0.39, 0.29) is 0 Å². The molecule has 0 atom stereocenters. The third-order valence-electron chi connectivity index (χ3n) is 1.57. The lowest BCUT2D eigenvalue weighted by Gasteiger charge is -2.20. The van der Waals surface area contributed by atoms with Crippen molar-refractivity contribution in [2.75, 3.05) is 0 Å². The van der Waals surface area contributed by atoms with Crippen molar-refractivity contribution in [1.29, 1.82) is 0 Å². The Hall–Kier alpha value is -1.07. The van der Waals surface area contributed by atoms with Crippen LogP contribution in [-0.2, 0) is 5.66 Å². The predicted molar refractivity (Wildman–Crippen MR) is 44.8 cm³/mol. The Balaban J connectivity index is 2.82. The Labute approximate surface area is 71.2 Å². The molecule has 1 heterocycles. The van der Waals surface area contributed by atoms with E-state index in [1.54, 1.807) is 0 Å². The molecule has 0 aliphatic heterocycles. The molecule has 1 aromatic rings. The second-order valence-electron chi connectivity index (χ2n) is 2.75. The van der Waals surface area contributed by atoms with Crippen molar-refractivity contribution in [3.63, 3.8) is 0 Å². The van der Waals surface area contributed by atoms with Crippen molar-refractivity contribution in [2.24, 2.45) is 11.5 Å². The van der Waals surface area contributed by atoms with Gasteiger partial charge in [-0.1, -0.05) is 13.3 Å². The van der Waals surface area contributed by atoms with Crippen LogP contribution >= 0.6 is 0 Å². The molecule has 4 N–H and O–H groups in total. The number of nitrogens with two attached hydrogens (primary N) is 2. The van der Waals surface area contributed by atoms with E-state index in [0.29, 0.717) is 12.2 Å². The minimum atomic E-state index is -0.919. The SMILES string of the molecule is CCCC(N)(N)c1ncncn1. The fourth-order valence-corrected chi connectivity index (χ4v) is 1.01. The van der Waals surface area contributed by atoms with E-state index in [2.05, 4.69) is 15.0 Å². The molecule has 5 heteroatoms. The molecule has 0 aromatic carbocycles. The summed E-state index contributed by atoms with van der Waals surface area (Å²) in [4.78, 5) is 11.5. The quantitative estimate of drug-likeness (QED) is 0.605. The third kappa shape index (κ3) is 1.96. The highest BCUT2D eigenvalue weighted by atomic mass is 15.1. The van der Waals surface area contributed by atoms with Crippen LogP contribution in [0.2, 0.25) is 0 Å². The van der Waals surface area contributed by atoms with Gasteiger partial charge in [-0.05, 0) is 6.42 Å². The van der Waals surface area contributed by atoms with E-state index in [1.165, 1.54) is 12.7 Å². The molecule has 0 saturated carbocycles. The Morgan fingerprint density at radius 2 is 1.92 bits per heavy atom. The van der Waals surface area contributed by atoms with Crippen LogP contribution in [0.15, 0.2) is 12.7 Å². The standard InChI is InChI=1S/C7H13N5/c1-2-3-7(8,9)6-11-4-10-5-12-6/h4-5H,2-3,8-9H2,1H3. The van der Waals surface area contributed by atoms with E-state index in [9.17, 15) is 0 Å². The number of hydrogen-bond acceptors (Lipinski definition) is 5. The van der Waals surface area contributed by atoms with Crippen molar-refractivity contribution in [3.8, 4) is 0 Å². The first-order chi connectivity index (χ1) is 5.67. The molecular formula is C7H13N5. The predicted octanol–water partition coefficient (Wildman–Crippen LogP) is -0.258. The Bertz CT molecular complexity index is 233. The molecule has 0 aliphatic rings. The normalized spacial score (nSPS) is 11.6. The van der Waals surface area contributed by atoms with Crippen molar-refractivity contribution in [2.45, 2.75) is 25.4 Å². The van der Waals surface area contributed by atoms with Crippen LogP contribution in [-0.4, -0.2) is 15.0 Å². The van der Waals surface area contributed by atoms with Crippen LogP contribution in [0.1, 0.15) is 25.6 Å². The van der Waals surface area contributed by atoms with Crippen molar-refractivity contribution >= 4 is 0 Å². The van der Waals surface area contributed by atoms with Crippen molar-refractivity contribution in [1.82, 2.24) is 15.0 Å². The highest BCUT2D eigenvalue weighted by molar-refractivity contribution is 4.98. The first-order valence-electron chi connectivity index (χ1n) is 3.87. The van der Waals surface area contributed by atoms with Gasteiger partial charge in [-0.2, -0.15) is 0 Å². The maximum atomic E-state index is 5.77. The molecule has 5 nitrogen and oxygen atoms in total. The van der Waals surface area contributed by atoms with Gasteiger partial charge in [0.15, 0.2) is 5.82 Å². The zero-order chi connectivity index (χ0) is 9.03. The molecule has 0 fully saturated rings. The lowest BCUT2D eigenvalue weighted by Crippen LogP contribution is -2.47. The molecule has 66 valence electrons. The average molecular weight is 167 g/mol. The molecule has 1 aromatic heterocycles. The molecule has 0 aliphatic carbocycles. The zero-order valence-electron chi connectivity index (χ0n) is 7.07. The number of nitrogens with zero attached hydrogens (tertiary/aromatic N) is 3. The third-order valence-corrected chi connectivity index (χ3v) is 1.57. The van der Waals surface area contributed by atoms with Gasteiger partial charge in [0.25, 0.3) is 0 Å². The van der Waals surface area contributed by atoms with Gasteiger partial charge < -0.3 is 11.5 Å². The Kier molecular flexibility index (Phi) is 2.67. The number of rotatable bonds is 3. The maximum absolute atomic E-state index is 5.77. The van der Waals surface area contributed by atoms with Crippen LogP contribution < -0.4 is 11.5 Å². The molecular weight excluding hydrogens is 154 g/mol. The summed E-state index contributed by atoms with van der Waals surface area (Å²) in [5, 5.41) is 0. The Morgan fingerprint density at radius 3 is 2.42 bits per heavy atom. The van der Waals surface area contributed by atoms with Crippen LogP contribution in [0.25, 0.3) is 0 Å². The van der Waals surface area contributed by atoms with Crippen LogP contribution in [0.5, 0.6) is 0 Å². The van der Waals surface area contributed by atoms with Crippen LogP contribution in [0.3, 0.4) is 0 Å². The van der Waals surface area contributed by atoms with E-state index in [1.807, 2.05) is 6.92 Å². The molecule has 1 rings (SSSR count). The first kappa shape index (κ1) is 9.02. The minimum Gasteiger partial charge on any atom is -0.307 e. The molecule has 0 amide bonds. The Morgan fingerprint density at radius 1 is 1.33 bits per heavy atom. The monoisotopic (exact) mass is 167 g/mol. The fourth-order valence-electron chi connectivity index (χ4n) is 1.01. The molecule has 0 unspecified atom stereocenters. The summed E-state index contributed by atoms with van der Waals surface area (Å²) in [5.74, 6) is 0.444.